The van der Waals surface area contributed by atoms with Crippen molar-refractivity contribution in [3.63, 3.8) is 0 Å². The molecule has 0 saturated heterocycles. The lowest BCUT2D eigenvalue weighted by atomic mass is 10.2. The van der Waals surface area contributed by atoms with Crippen molar-refractivity contribution in [1.82, 2.24) is 4.98 Å². The Hall–Kier alpha value is -1.14. The van der Waals surface area contributed by atoms with Crippen molar-refractivity contribution in [3.05, 3.63) is 36.0 Å². The maximum Gasteiger partial charge on any atom is 0.178 e. The molecule has 2 rings (SSSR count). The van der Waals surface area contributed by atoms with E-state index in [2.05, 4.69) is 14.2 Å². The van der Waals surface area contributed by atoms with Crippen LogP contribution < -0.4 is 0 Å². The minimum absolute atomic E-state index is 0.0199. The second kappa shape index (κ2) is 2.72. The maximum absolute atomic E-state index is 11.0. The molecule has 3 heteroatoms. The Morgan fingerprint density at radius 3 is 2.92 bits per heavy atom. The van der Waals surface area contributed by atoms with Gasteiger partial charge in [-0.25, -0.2) is 0 Å². The predicted molar refractivity (Wildman–Crippen MR) is 52.3 cm³/mol. The van der Waals surface area contributed by atoms with E-state index in [9.17, 15) is 4.79 Å². The number of nitrogens with one attached hydrogen (secondary N) is 1. The van der Waals surface area contributed by atoms with Gasteiger partial charge < -0.3 is 4.98 Å². The van der Waals surface area contributed by atoms with E-state index in [4.69, 9.17) is 0 Å². The number of aromatic nitrogens is 1. The van der Waals surface area contributed by atoms with Gasteiger partial charge in [0.15, 0.2) is 5.52 Å². The normalized spacial score (nSPS) is 10.4. The molecule has 0 aliphatic rings. The van der Waals surface area contributed by atoms with E-state index >= 15 is 0 Å². The number of rotatable bonds is 1. The van der Waals surface area contributed by atoms with Gasteiger partial charge in [0.1, 0.15) is 0 Å². The lowest BCUT2D eigenvalue weighted by Crippen LogP contribution is -1.85. The Bertz CT molecular complexity index is 433. The smallest absolute Gasteiger partial charge is 0.178 e. The van der Waals surface area contributed by atoms with Crippen LogP contribution in [0.4, 0.5) is 0 Å². The number of H-pyrrole nitrogens is 1. The highest BCUT2D eigenvalue weighted by atomic mass is 31.0. The summed E-state index contributed by atoms with van der Waals surface area (Å²) in [6, 6.07) is 7.59. The van der Waals surface area contributed by atoms with Crippen LogP contribution in [0, 0.1) is 0 Å². The van der Waals surface area contributed by atoms with Gasteiger partial charge in [0.25, 0.3) is 0 Å². The molecule has 1 unspecified atom stereocenters. The molecule has 1 aromatic carbocycles. The van der Waals surface area contributed by atoms with Crippen molar-refractivity contribution in [2.24, 2.45) is 0 Å². The first-order valence-electron chi connectivity index (χ1n) is 3.64. The van der Waals surface area contributed by atoms with Gasteiger partial charge in [0.05, 0.1) is 0 Å². The summed E-state index contributed by atoms with van der Waals surface area (Å²) >= 11 is 0. The zero-order chi connectivity index (χ0) is 8.55. The fourth-order valence-electron chi connectivity index (χ4n) is 1.20. The summed E-state index contributed by atoms with van der Waals surface area (Å²) in [6.45, 7) is 0. The van der Waals surface area contributed by atoms with Gasteiger partial charge in [-0.15, -0.1) is 0 Å². The molecule has 2 nitrogen and oxygen atoms in total. The van der Waals surface area contributed by atoms with Gasteiger partial charge in [-0.3, -0.25) is 4.79 Å². The number of carbonyl (C=O) groups excluding carboxylic acids is 1. The third kappa shape index (κ3) is 1.15. The molecule has 1 heterocycles. The number of fused-ring (bicyclic) bond motifs is 1. The number of carbonyl (C=O) groups is 1. The quantitative estimate of drug-likeness (QED) is 0.665. The zero-order valence-electron chi connectivity index (χ0n) is 6.37. The highest BCUT2D eigenvalue weighted by Gasteiger charge is 2.00. The van der Waals surface area contributed by atoms with Gasteiger partial charge in [-0.1, -0.05) is 21.4 Å². The van der Waals surface area contributed by atoms with Crippen LogP contribution in [-0.2, 0) is 0 Å². The van der Waals surface area contributed by atoms with Crippen LogP contribution in [0.25, 0.3) is 10.9 Å². The first kappa shape index (κ1) is 7.51. The lowest BCUT2D eigenvalue weighted by Gasteiger charge is -1.94. The molecule has 1 atom stereocenters. The van der Waals surface area contributed by atoms with Crippen LogP contribution >= 0.6 is 9.24 Å². The molecule has 0 bridgehead atoms. The topological polar surface area (TPSA) is 32.9 Å². The predicted octanol–water partition coefficient (Wildman–Crippen LogP) is 2.18. The van der Waals surface area contributed by atoms with Crippen molar-refractivity contribution in [1.29, 1.82) is 0 Å². The van der Waals surface area contributed by atoms with Crippen LogP contribution in [0.3, 0.4) is 0 Å². The number of hydrogen-bond acceptors (Lipinski definition) is 1. The number of hydrogen-bond donors (Lipinski definition) is 1. The van der Waals surface area contributed by atoms with Crippen molar-refractivity contribution in [3.8, 4) is 0 Å². The minimum atomic E-state index is 0.0199. The second-order valence-electron chi connectivity index (χ2n) is 2.64. The highest BCUT2D eigenvalue weighted by molar-refractivity contribution is 7.41. The second-order valence-corrected chi connectivity index (χ2v) is 3.17. The molecule has 0 spiro atoms. The molecule has 12 heavy (non-hydrogen) atoms. The van der Waals surface area contributed by atoms with Crippen LogP contribution in [0.5, 0.6) is 0 Å². The van der Waals surface area contributed by atoms with E-state index in [1.165, 1.54) is 0 Å². The third-order valence-corrected chi connectivity index (χ3v) is 2.17. The first-order valence-corrected chi connectivity index (χ1v) is 4.22. The minimum Gasteiger partial charge on any atom is -0.361 e. The van der Waals surface area contributed by atoms with E-state index in [0.29, 0.717) is 0 Å². The SMILES string of the molecule is O=C(P)c1ccc2cc[nH]c2c1. The van der Waals surface area contributed by atoms with Crippen molar-refractivity contribution in [2.45, 2.75) is 0 Å². The Morgan fingerprint density at radius 1 is 1.33 bits per heavy atom. The molecule has 0 fully saturated rings. The molecule has 0 saturated carbocycles. The first-order chi connectivity index (χ1) is 5.77. The van der Waals surface area contributed by atoms with Gasteiger partial charge in [0.2, 0.25) is 0 Å². The van der Waals surface area contributed by atoms with Crippen molar-refractivity contribution >= 4 is 25.7 Å². The zero-order valence-corrected chi connectivity index (χ0v) is 7.53. The summed E-state index contributed by atoms with van der Waals surface area (Å²) < 4.78 is 0. The van der Waals surface area contributed by atoms with Crippen molar-refractivity contribution in [2.75, 3.05) is 0 Å². The summed E-state index contributed by atoms with van der Waals surface area (Å²) in [6.07, 6.45) is 1.86. The van der Waals surface area contributed by atoms with Crippen molar-refractivity contribution < 1.29 is 4.79 Å². The highest BCUT2D eigenvalue weighted by Crippen LogP contribution is 2.15. The van der Waals surface area contributed by atoms with E-state index < -0.39 is 0 Å². The summed E-state index contributed by atoms with van der Waals surface area (Å²) in [5.41, 5.74) is 1.74. The van der Waals surface area contributed by atoms with E-state index in [-0.39, 0.29) is 5.52 Å². The molecule has 60 valence electrons. The van der Waals surface area contributed by atoms with E-state index in [0.717, 1.165) is 16.5 Å². The Kier molecular flexibility index (Phi) is 1.70. The van der Waals surface area contributed by atoms with Gasteiger partial charge in [-0.2, -0.15) is 0 Å². The largest absolute Gasteiger partial charge is 0.361 e. The Labute approximate surface area is 72.2 Å². The Morgan fingerprint density at radius 2 is 2.17 bits per heavy atom. The lowest BCUT2D eigenvalue weighted by molar-refractivity contribution is 0.108. The Balaban J connectivity index is 2.68. The molecule has 2 aromatic rings. The van der Waals surface area contributed by atoms with Gasteiger partial charge in [-0.05, 0) is 17.5 Å². The summed E-state index contributed by atoms with van der Waals surface area (Å²) in [7, 11) is 2.16. The summed E-state index contributed by atoms with van der Waals surface area (Å²) in [4.78, 5) is 14.0. The maximum atomic E-state index is 11.0. The molecule has 0 aliphatic carbocycles. The molecule has 0 radical (unpaired) electrons. The standard InChI is InChI=1S/C9H8NOP/c11-9(12)7-2-1-6-3-4-10-8(6)5-7/h1-5,10H,12H2. The van der Waals surface area contributed by atoms with Crippen LogP contribution in [0.1, 0.15) is 10.4 Å². The average molecular weight is 177 g/mol. The van der Waals surface area contributed by atoms with Gasteiger partial charge >= 0.3 is 0 Å². The number of aromatic amines is 1. The number of benzene rings is 1. The molecule has 0 aliphatic heterocycles. The fraction of sp³-hybridized carbons (Fsp3) is 0. The van der Waals surface area contributed by atoms with Crippen LogP contribution in [-0.4, -0.2) is 10.5 Å². The average Bonchev–Trinajstić information content (AvgIpc) is 2.49. The van der Waals surface area contributed by atoms with E-state index in [1.807, 2.05) is 30.5 Å². The molecule has 1 N–H and O–H groups in total. The third-order valence-electron chi connectivity index (χ3n) is 1.84. The molecular weight excluding hydrogens is 169 g/mol. The van der Waals surface area contributed by atoms with E-state index in [1.54, 1.807) is 0 Å². The summed E-state index contributed by atoms with van der Waals surface area (Å²) in [5.74, 6) is 0. The summed E-state index contributed by atoms with van der Waals surface area (Å²) in [5, 5.41) is 1.13. The molecular formula is C9H8NOP. The van der Waals surface area contributed by atoms with Gasteiger partial charge in [0, 0.05) is 17.3 Å². The fourth-order valence-corrected chi connectivity index (χ4v) is 1.38. The van der Waals surface area contributed by atoms with Crippen LogP contribution in [0.15, 0.2) is 30.5 Å². The molecule has 0 amide bonds. The molecule has 1 aromatic heterocycles. The van der Waals surface area contributed by atoms with Crippen LogP contribution in [0.2, 0.25) is 0 Å². The monoisotopic (exact) mass is 177 g/mol.